The van der Waals surface area contributed by atoms with Gasteiger partial charge in [-0.3, -0.25) is 9.59 Å². The van der Waals surface area contributed by atoms with E-state index in [1.54, 1.807) is 18.2 Å². The zero-order valence-corrected chi connectivity index (χ0v) is 9.25. The molecule has 1 aromatic carbocycles. The van der Waals surface area contributed by atoms with Crippen LogP contribution in [0, 0.1) is 0 Å². The Morgan fingerprint density at radius 1 is 1.38 bits per heavy atom. The van der Waals surface area contributed by atoms with Crippen molar-refractivity contribution in [2.75, 3.05) is 12.3 Å². The smallest absolute Gasteiger partial charge is 0.252 e. The number of amides is 2. The molecule has 0 heterocycles. The molecule has 0 aliphatic heterocycles. The van der Waals surface area contributed by atoms with Gasteiger partial charge in [-0.05, 0) is 12.1 Å². The van der Waals surface area contributed by atoms with E-state index >= 15 is 0 Å². The van der Waals surface area contributed by atoms with E-state index in [1.165, 1.54) is 0 Å². The molecular weight excluding hydrogens is 230 g/mol. The molecule has 5 N–H and O–H groups in total. The van der Waals surface area contributed by atoms with Crippen molar-refractivity contribution in [3.05, 3.63) is 28.8 Å². The number of nitrogens with two attached hydrogens (primary N) is 2. The summed E-state index contributed by atoms with van der Waals surface area (Å²) in [5, 5.41) is 2.73. The standard InChI is InChI=1S/C10H12ClN3O2/c11-9-6(2-1-3-7(9)12)10(16)14-5-4-8(13)15/h1-3H,4-5,12H2,(H2,13,15)(H,14,16). The van der Waals surface area contributed by atoms with Crippen LogP contribution in [0.4, 0.5) is 5.69 Å². The van der Waals surface area contributed by atoms with Crippen LogP contribution < -0.4 is 16.8 Å². The van der Waals surface area contributed by atoms with Crippen LogP contribution in [0.15, 0.2) is 18.2 Å². The monoisotopic (exact) mass is 241 g/mol. The fraction of sp³-hybridized carbons (Fsp3) is 0.200. The van der Waals surface area contributed by atoms with Crippen LogP contribution in [0.3, 0.4) is 0 Å². The number of halogens is 1. The molecule has 0 aromatic heterocycles. The fourth-order valence-corrected chi connectivity index (χ4v) is 1.33. The SMILES string of the molecule is NC(=O)CCNC(=O)c1cccc(N)c1Cl. The van der Waals surface area contributed by atoms with Gasteiger partial charge in [0.05, 0.1) is 16.3 Å². The van der Waals surface area contributed by atoms with E-state index in [0.29, 0.717) is 5.69 Å². The first kappa shape index (κ1) is 12.3. The van der Waals surface area contributed by atoms with Crippen LogP contribution in [0.2, 0.25) is 5.02 Å². The van der Waals surface area contributed by atoms with Crippen molar-refractivity contribution in [1.29, 1.82) is 0 Å². The van der Waals surface area contributed by atoms with Gasteiger partial charge in [-0.1, -0.05) is 17.7 Å². The molecule has 2 amide bonds. The molecule has 0 radical (unpaired) electrons. The maximum atomic E-state index is 11.6. The zero-order valence-electron chi connectivity index (χ0n) is 8.50. The minimum absolute atomic E-state index is 0.0890. The van der Waals surface area contributed by atoms with E-state index in [0.717, 1.165) is 0 Å². The number of hydrogen-bond acceptors (Lipinski definition) is 3. The highest BCUT2D eigenvalue weighted by Gasteiger charge is 2.11. The lowest BCUT2D eigenvalue weighted by Crippen LogP contribution is -2.28. The summed E-state index contributed by atoms with van der Waals surface area (Å²) in [6, 6.07) is 4.78. The molecule has 86 valence electrons. The Morgan fingerprint density at radius 2 is 2.06 bits per heavy atom. The number of anilines is 1. The molecule has 0 aliphatic carbocycles. The number of primary amides is 1. The second-order valence-corrected chi connectivity index (χ2v) is 3.56. The summed E-state index contributed by atoms with van der Waals surface area (Å²) in [5.74, 6) is -0.850. The van der Waals surface area contributed by atoms with Crippen molar-refractivity contribution in [3.8, 4) is 0 Å². The van der Waals surface area contributed by atoms with Gasteiger partial charge in [-0.15, -0.1) is 0 Å². The minimum Gasteiger partial charge on any atom is -0.398 e. The minimum atomic E-state index is -0.473. The summed E-state index contributed by atoms with van der Waals surface area (Å²) in [5.41, 5.74) is 11.1. The number of benzene rings is 1. The fourth-order valence-electron chi connectivity index (χ4n) is 1.12. The Bertz CT molecular complexity index is 421. The molecule has 0 fully saturated rings. The number of nitrogens with one attached hydrogen (secondary N) is 1. The van der Waals surface area contributed by atoms with Crippen LogP contribution in [0.5, 0.6) is 0 Å². The highest BCUT2D eigenvalue weighted by Crippen LogP contribution is 2.22. The van der Waals surface area contributed by atoms with Gasteiger partial charge in [-0.2, -0.15) is 0 Å². The zero-order chi connectivity index (χ0) is 12.1. The van der Waals surface area contributed by atoms with Crippen molar-refractivity contribution in [3.63, 3.8) is 0 Å². The molecule has 1 aromatic rings. The van der Waals surface area contributed by atoms with E-state index in [-0.39, 0.29) is 29.5 Å². The summed E-state index contributed by atoms with van der Waals surface area (Å²) in [6.45, 7) is 0.180. The van der Waals surface area contributed by atoms with Gasteiger partial charge in [-0.25, -0.2) is 0 Å². The molecule has 16 heavy (non-hydrogen) atoms. The van der Waals surface area contributed by atoms with E-state index in [1.807, 2.05) is 0 Å². The Hall–Kier alpha value is -1.75. The first-order valence-electron chi connectivity index (χ1n) is 4.63. The average molecular weight is 242 g/mol. The molecular formula is C10H12ClN3O2. The Balaban J connectivity index is 2.66. The van der Waals surface area contributed by atoms with Crippen molar-refractivity contribution in [1.82, 2.24) is 5.32 Å². The van der Waals surface area contributed by atoms with Crippen LogP contribution in [0.25, 0.3) is 0 Å². The molecule has 0 bridgehead atoms. The van der Waals surface area contributed by atoms with Gasteiger partial charge in [0.1, 0.15) is 0 Å². The van der Waals surface area contributed by atoms with Crippen molar-refractivity contribution in [2.24, 2.45) is 5.73 Å². The largest absolute Gasteiger partial charge is 0.398 e. The van der Waals surface area contributed by atoms with E-state index < -0.39 is 5.91 Å². The molecule has 0 spiro atoms. The lowest BCUT2D eigenvalue weighted by atomic mass is 10.2. The van der Waals surface area contributed by atoms with Crippen LogP contribution in [-0.4, -0.2) is 18.4 Å². The summed E-state index contributed by atoms with van der Waals surface area (Å²) in [7, 11) is 0. The Morgan fingerprint density at radius 3 is 2.69 bits per heavy atom. The van der Waals surface area contributed by atoms with Gasteiger partial charge >= 0.3 is 0 Å². The molecule has 0 saturated heterocycles. The maximum absolute atomic E-state index is 11.6. The third-order valence-corrected chi connectivity index (χ3v) is 2.35. The predicted octanol–water partition coefficient (Wildman–Crippen LogP) is 0.527. The predicted molar refractivity (Wildman–Crippen MR) is 62.0 cm³/mol. The molecule has 5 nitrogen and oxygen atoms in total. The van der Waals surface area contributed by atoms with Crippen molar-refractivity contribution in [2.45, 2.75) is 6.42 Å². The van der Waals surface area contributed by atoms with Gasteiger partial charge < -0.3 is 16.8 Å². The Kier molecular flexibility index (Phi) is 4.13. The highest BCUT2D eigenvalue weighted by molar-refractivity contribution is 6.36. The number of hydrogen-bond donors (Lipinski definition) is 3. The van der Waals surface area contributed by atoms with Crippen molar-refractivity contribution < 1.29 is 9.59 Å². The number of nitrogen functional groups attached to an aromatic ring is 1. The molecule has 0 unspecified atom stereocenters. The van der Waals surface area contributed by atoms with E-state index in [2.05, 4.69) is 5.32 Å². The van der Waals surface area contributed by atoms with Crippen LogP contribution >= 0.6 is 11.6 Å². The summed E-state index contributed by atoms with van der Waals surface area (Å²) in [4.78, 5) is 22.1. The molecule has 0 atom stereocenters. The van der Waals surface area contributed by atoms with Gasteiger partial charge in [0.2, 0.25) is 5.91 Å². The van der Waals surface area contributed by atoms with E-state index in [9.17, 15) is 9.59 Å². The molecule has 1 rings (SSSR count). The Labute approximate surface area is 97.7 Å². The molecule has 0 aliphatic rings. The van der Waals surface area contributed by atoms with Crippen LogP contribution in [0.1, 0.15) is 16.8 Å². The summed E-state index contributed by atoms with van der Waals surface area (Å²) >= 11 is 5.85. The second kappa shape index (κ2) is 5.37. The average Bonchev–Trinajstić information content (AvgIpc) is 2.21. The van der Waals surface area contributed by atoms with Crippen LogP contribution in [-0.2, 0) is 4.79 Å². The molecule has 0 saturated carbocycles. The second-order valence-electron chi connectivity index (χ2n) is 3.18. The highest BCUT2D eigenvalue weighted by atomic mass is 35.5. The number of carbonyl (C=O) groups is 2. The topological polar surface area (TPSA) is 98.2 Å². The number of rotatable bonds is 4. The normalized spacial score (nSPS) is 9.81. The van der Waals surface area contributed by atoms with E-state index in [4.69, 9.17) is 23.1 Å². The molecule has 6 heteroatoms. The van der Waals surface area contributed by atoms with Gasteiger partial charge in [0.15, 0.2) is 0 Å². The third kappa shape index (κ3) is 3.13. The maximum Gasteiger partial charge on any atom is 0.252 e. The summed E-state index contributed by atoms with van der Waals surface area (Å²) in [6.07, 6.45) is 0.0890. The quantitative estimate of drug-likeness (QED) is 0.671. The van der Waals surface area contributed by atoms with Crippen molar-refractivity contribution >= 4 is 29.1 Å². The van der Waals surface area contributed by atoms with Gasteiger partial charge in [0.25, 0.3) is 5.91 Å². The van der Waals surface area contributed by atoms with Gasteiger partial charge in [0, 0.05) is 13.0 Å². The third-order valence-electron chi connectivity index (χ3n) is 1.93. The first-order valence-corrected chi connectivity index (χ1v) is 5.00. The summed E-state index contributed by atoms with van der Waals surface area (Å²) < 4.78 is 0. The number of carbonyl (C=O) groups excluding carboxylic acids is 2. The lowest BCUT2D eigenvalue weighted by molar-refractivity contribution is -0.117. The first-order chi connectivity index (χ1) is 7.52. The lowest BCUT2D eigenvalue weighted by Gasteiger charge is -2.06.